The molecule has 0 bridgehead atoms. The summed E-state index contributed by atoms with van der Waals surface area (Å²) in [6.07, 6.45) is 1.84. The minimum atomic E-state index is 1.05. The van der Waals surface area contributed by atoms with Crippen LogP contribution in [-0.4, -0.2) is 12.0 Å². The molecule has 1 heterocycles. The molecule has 0 atom stereocenters. The van der Waals surface area contributed by atoms with Crippen LogP contribution in [0.2, 0.25) is 0 Å². The van der Waals surface area contributed by atoms with Crippen molar-refractivity contribution in [2.75, 3.05) is 12.4 Å². The van der Waals surface area contributed by atoms with E-state index in [2.05, 4.69) is 23.3 Å². The molecule has 0 amide bonds. The summed E-state index contributed by atoms with van der Waals surface area (Å²) in [5.41, 5.74) is 3.45. The molecule has 1 aromatic carbocycles. The highest BCUT2D eigenvalue weighted by Crippen LogP contribution is 2.19. The van der Waals surface area contributed by atoms with Crippen LogP contribution in [-0.2, 0) is 0 Å². The maximum atomic E-state index is 4.29. The average molecular weight is 172 g/mol. The van der Waals surface area contributed by atoms with Crippen molar-refractivity contribution >= 4 is 16.6 Å². The highest BCUT2D eigenvalue weighted by molar-refractivity contribution is 5.85. The van der Waals surface area contributed by atoms with Crippen LogP contribution in [0.1, 0.15) is 5.56 Å². The predicted octanol–water partition coefficient (Wildman–Crippen LogP) is 2.58. The molecule has 0 spiro atoms. The molecule has 0 saturated carbocycles. The van der Waals surface area contributed by atoms with Gasteiger partial charge in [-0.2, -0.15) is 0 Å². The van der Waals surface area contributed by atoms with Gasteiger partial charge in [-0.25, -0.2) is 0 Å². The van der Waals surface area contributed by atoms with E-state index in [0.29, 0.717) is 0 Å². The lowest BCUT2D eigenvalue weighted by Crippen LogP contribution is -1.89. The van der Waals surface area contributed by atoms with Gasteiger partial charge in [-0.1, -0.05) is 0 Å². The van der Waals surface area contributed by atoms with Gasteiger partial charge >= 0.3 is 0 Å². The molecule has 66 valence electrons. The first kappa shape index (κ1) is 8.05. The minimum Gasteiger partial charge on any atom is -0.388 e. The molecular formula is C11H12N2. The topological polar surface area (TPSA) is 24.9 Å². The average Bonchev–Trinajstić information content (AvgIpc) is 2.18. The summed E-state index contributed by atoms with van der Waals surface area (Å²) in [4.78, 5) is 4.29. The highest BCUT2D eigenvalue weighted by Gasteiger charge is 1.97. The summed E-state index contributed by atoms with van der Waals surface area (Å²) in [5.74, 6) is 0. The maximum Gasteiger partial charge on any atom is 0.0706 e. The lowest BCUT2D eigenvalue weighted by molar-refractivity contribution is 1.36. The zero-order valence-electron chi connectivity index (χ0n) is 7.83. The third-order valence-corrected chi connectivity index (χ3v) is 2.25. The Morgan fingerprint density at radius 3 is 2.85 bits per heavy atom. The summed E-state index contributed by atoms with van der Waals surface area (Å²) in [6.45, 7) is 2.10. The number of rotatable bonds is 1. The summed E-state index contributed by atoms with van der Waals surface area (Å²) >= 11 is 0. The van der Waals surface area contributed by atoms with E-state index < -0.39 is 0 Å². The largest absolute Gasteiger partial charge is 0.388 e. The van der Waals surface area contributed by atoms with E-state index in [1.54, 1.807) is 0 Å². The third-order valence-electron chi connectivity index (χ3n) is 2.25. The number of pyridine rings is 1. The summed E-state index contributed by atoms with van der Waals surface area (Å²) in [5, 5.41) is 4.34. The number of hydrogen-bond acceptors (Lipinski definition) is 2. The summed E-state index contributed by atoms with van der Waals surface area (Å²) in [7, 11) is 1.92. The van der Waals surface area contributed by atoms with Crippen LogP contribution in [0, 0.1) is 6.92 Å². The van der Waals surface area contributed by atoms with Gasteiger partial charge in [0.1, 0.15) is 0 Å². The van der Waals surface area contributed by atoms with Gasteiger partial charge in [-0.3, -0.25) is 4.98 Å². The van der Waals surface area contributed by atoms with Gasteiger partial charge in [-0.05, 0) is 36.8 Å². The molecule has 1 aromatic heterocycles. The molecule has 0 aliphatic carbocycles. The van der Waals surface area contributed by atoms with Gasteiger partial charge in [0.05, 0.1) is 5.52 Å². The molecule has 13 heavy (non-hydrogen) atoms. The van der Waals surface area contributed by atoms with Gasteiger partial charge in [-0.15, -0.1) is 0 Å². The van der Waals surface area contributed by atoms with Crippen molar-refractivity contribution in [2.45, 2.75) is 6.92 Å². The Morgan fingerprint density at radius 2 is 2.08 bits per heavy atom. The quantitative estimate of drug-likeness (QED) is 0.715. The van der Waals surface area contributed by atoms with Crippen molar-refractivity contribution in [3.05, 3.63) is 36.0 Å². The smallest absolute Gasteiger partial charge is 0.0706 e. The third kappa shape index (κ3) is 1.35. The zero-order chi connectivity index (χ0) is 9.26. The molecule has 0 aliphatic rings. The van der Waals surface area contributed by atoms with Crippen molar-refractivity contribution in [1.82, 2.24) is 4.98 Å². The van der Waals surface area contributed by atoms with Gasteiger partial charge in [0.25, 0.3) is 0 Å². The molecule has 0 unspecified atom stereocenters. The Balaban J connectivity index is 2.74. The van der Waals surface area contributed by atoms with E-state index in [0.717, 1.165) is 11.2 Å². The van der Waals surface area contributed by atoms with Gasteiger partial charge < -0.3 is 5.32 Å². The minimum absolute atomic E-state index is 1.05. The van der Waals surface area contributed by atoms with Crippen LogP contribution in [0.15, 0.2) is 30.5 Å². The molecular weight excluding hydrogens is 160 g/mol. The number of aryl methyl sites for hydroxylation is 1. The molecule has 0 saturated heterocycles. The number of fused-ring (bicyclic) bond motifs is 1. The fourth-order valence-corrected chi connectivity index (χ4v) is 1.44. The first-order valence-electron chi connectivity index (χ1n) is 4.34. The van der Waals surface area contributed by atoms with Crippen LogP contribution in [0.5, 0.6) is 0 Å². The Labute approximate surface area is 77.6 Å². The van der Waals surface area contributed by atoms with Crippen LogP contribution in [0.3, 0.4) is 0 Å². The molecule has 0 aliphatic heterocycles. The number of aromatic nitrogens is 1. The van der Waals surface area contributed by atoms with E-state index in [1.807, 2.05) is 31.4 Å². The standard InChI is InChI=1S/C11H12N2/c1-8-5-6-13-11-4-3-9(12-2)7-10(8)11/h3-7,12H,1-2H3. The molecule has 1 N–H and O–H groups in total. The predicted molar refractivity (Wildman–Crippen MR) is 56.0 cm³/mol. The van der Waals surface area contributed by atoms with E-state index in [-0.39, 0.29) is 0 Å². The second-order valence-corrected chi connectivity index (χ2v) is 3.11. The number of hydrogen-bond donors (Lipinski definition) is 1. The number of nitrogens with one attached hydrogen (secondary N) is 1. The number of anilines is 1. The first-order valence-corrected chi connectivity index (χ1v) is 4.34. The Kier molecular flexibility index (Phi) is 1.89. The molecule has 2 rings (SSSR count). The Bertz CT molecular complexity index is 435. The van der Waals surface area contributed by atoms with E-state index in [4.69, 9.17) is 0 Å². The van der Waals surface area contributed by atoms with Crippen LogP contribution in [0.4, 0.5) is 5.69 Å². The maximum absolute atomic E-state index is 4.29. The van der Waals surface area contributed by atoms with E-state index in [1.165, 1.54) is 10.9 Å². The van der Waals surface area contributed by atoms with Crippen LogP contribution in [0.25, 0.3) is 10.9 Å². The zero-order valence-corrected chi connectivity index (χ0v) is 7.83. The molecule has 2 heteroatoms. The molecule has 2 nitrogen and oxygen atoms in total. The van der Waals surface area contributed by atoms with Crippen molar-refractivity contribution in [3.63, 3.8) is 0 Å². The summed E-state index contributed by atoms with van der Waals surface area (Å²) < 4.78 is 0. The van der Waals surface area contributed by atoms with Crippen LogP contribution < -0.4 is 5.32 Å². The Hall–Kier alpha value is -1.57. The van der Waals surface area contributed by atoms with Gasteiger partial charge in [0, 0.05) is 24.3 Å². The fraction of sp³-hybridized carbons (Fsp3) is 0.182. The second-order valence-electron chi connectivity index (χ2n) is 3.11. The molecule has 0 radical (unpaired) electrons. The Morgan fingerprint density at radius 1 is 1.23 bits per heavy atom. The molecule has 2 aromatic rings. The lowest BCUT2D eigenvalue weighted by atomic mass is 10.1. The van der Waals surface area contributed by atoms with Gasteiger partial charge in [0.2, 0.25) is 0 Å². The van der Waals surface area contributed by atoms with Crippen molar-refractivity contribution in [2.24, 2.45) is 0 Å². The van der Waals surface area contributed by atoms with E-state index in [9.17, 15) is 0 Å². The number of benzene rings is 1. The number of nitrogens with zero attached hydrogens (tertiary/aromatic N) is 1. The lowest BCUT2D eigenvalue weighted by Gasteiger charge is -2.03. The monoisotopic (exact) mass is 172 g/mol. The van der Waals surface area contributed by atoms with Gasteiger partial charge in [0.15, 0.2) is 0 Å². The van der Waals surface area contributed by atoms with Crippen molar-refractivity contribution in [3.8, 4) is 0 Å². The first-order chi connectivity index (χ1) is 6.31. The van der Waals surface area contributed by atoms with Crippen molar-refractivity contribution < 1.29 is 0 Å². The second kappa shape index (κ2) is 3.05. The highest BCUT2D eigenvalue weighted by atomic mass is 14.8. The molecule has 0 fully saturated rings. The van der Waals surface area contributed by atoms with E-state index >= 15 is 0 Å². The van der Waals surface area contributed by atoms with Crippen molar-refractivity contribution in [1.29, 1.82) is 0 Å². The fourth-order valence-electron chi connectivity index (χ4n) is 1.44. The SMILES string of the molecule is CNc1ccc2nccc(C)c2c1. The van der Waals surface area contributed by atoms with Crippen LogP contribution >= 0.6 is 0 Å². The normalized spacial score (nSPS) is 10.3. The summed E-state index contributed by atoms with van der Waals surface area (Å²) in [6, 6.07) is 8.22.